The fourth-order valence-corrected chi connectivity index (χ4v) is 3.17. The van der Waals surface area contributed by atoms with Crippen LogP contribution in [0.3, 0.4) is 0 Å². The van der Waals surface area contributed by atoms with Gasteiger partial charge < -0.3 is 4.43 Å². The van der Waals surface area contributed by atoms with Gasteiger partial charge in [0.25, 0.3) is 0 Å². The maximum Gasteiger partial charge on any atom is 0.191 e. The minimum atomic E-state index is -1.58. The molecule has 0 bridgehead atoms. The van der Waals surface area contributed by atoms with E-state index >= 15 is 0 Å². The smallest absolute Gasteiger partial charge is 0.191 e. The van der Waals surface area contributed by atoms with Crippen molar-refractivity contribution in [1.82, 2.24) is 0 Å². The summed E-state index contributed by atoms with van der Waals surface area (Å²) in [6.07, 6.45) is 10.5. The highest BCUT2D eigenvalue weighted by atomic mass is 28.4. The number of hydrogen-bond acceptors (Lipinski definition) is 1. The molecule has 0 aromatic rings. The van der Waals surface area contributed by atoms with Gasteiger partial charge in [0.05, 0.1) is 0 Å². The molecule has 1 nitrogen and oxygen atoms in total. The van der Waals surface area contributed by atoms with Gasteiger partial charge in [0.15, 0.2) is 8.32 Å². The van der Waals surface area contributed by atoms with Crippen LogP contribution >= 0.6 is 0 Å². The Bertz CT molecular complexity index is 404. The van der Waals surface area contributed by atoms with Crippen LogP contribution in [0.4, 0.5) is 0 Å². The molecule has 0 aromatic heterocycles. The fraction of sp³-hybridized carbons (Fsp3) is 0.722. The molecular formula is C18H32OSi. The molecule has 1 aliphatic rings. The molecule has 0 saturated carbocycles. The van der Waals surface area contributed by atoms with Gasteiger partial charge in [0.2, 0.25) is 0 Å². The molecule has 0 heterocycles. The van der Waals surface area contributed by atoms with E-state index in [0.29, 0.717) is 5.04 Å². The Morgan fingerprint density at radius 1 is 1.20 bits per heavy atom. The predicted octanol–water partition coefficient (Wildman–Crippen LogP) is 6.00. The Hall–Kier alpha value is -0.563. The van der Waals surface area contributed by atoms with E-state index < -0.39 is 8.32 Å². The largest absolute Gasteiger partial charge is 0.416 e. The molecule has 0 aromatic carbocycles. The Morgan fingerprint density at radius 2 is 1.85 bits per heavy atom. The third-order valence-electron chi connectivity index (χ3n) is 4.70. The van der Waals surface area contributed by atoms with Gasteiger partial charge in [-0.2, -0.15) is 0 Å². The standard InChI is InChI=1S/C18H32OSi/c1-16-12-9-10-14-17(16)13-8-7-11-15-19-20(5,6)18(2,3)4/h7,13H,9-12,14-15H2,1-6H3. The highest BCUT2D eigenvalue weighted by Crippen LogP contribution is 2.36. The van der Waals surface area contributed by atoms with E-state index in [1.54, 1.807) is 5.57 Å². The van der Waals surface area contributed by atoms with Crippen LogP contribution in [0, 0.1) is 0 Å². The first kappa shape index (κ1) is 17.5. The molecule has 0 N–H and O–H groups in total. The van der Waals surface area contributed by atoms with Gasteiger partial charge in [-0.1, -0.05) is 26.3 Å². The van der Waals surface area contributed by atoms with Crippen molar-refractivity contribution in [3.63, 3.8) is 0 Å². The normalized spacial score (nSPS) is 16.9. The summed E-state index contributed by atoms with van der Waals surface area (Å²) >= 11 is 0. The van der Waals surface area contributed by atoms with Gasteiger partial charge >= 0.3 is 0 Å². The zero-order valence-corrected chi connectivity index (χ0v) is 15.3. The summed E-state index contributed by atoms with van der Waals surface area (Å²) in [5.41, 5.74) is 6.39. The molecular weight excluding hydrogens is 260 g/mol. The second-order valence-corrected chi connectivity index (χ2v) is 12.2. The van der Waals surface area contributed by atoms with Crippen LogP contribution in [0.25, 0.3) is 0 Å². The van der Waals surface area contributed by atoms with Crippen molar-refractivity contribution < 1.29 is 4.43 Å². The van der Waals surface area contributed by atoms with E-state index in [1.807, 2.05) is 0 Å². The molecule has 0 unspecified atom stereocenters. The quantitative estimate of drug-likeness (QED) is 0.343. The van der Waals surface area contributed by atoms with E-state index in [-0.39, 0.29) is 0 Å². The van der Waals surface area contributed by atoms with Crippen molar-refractivity contribution in [2.45, 2.75) is 77.9 Å². The average Bonchev–Trinajstić information content (AvgIpc) is 2.34. The Morgan fingerprint density at radius 3 is 2.45 bits per heavy atom. The summed E-state index contributed by atoms with van der Waals surface area (Å²) in [7, 11) is -1.58. The van der Waals surface area contributed by atoms with Gasteiger partial charge in [-0.3, -0.25) is 0 Å². The lowest BCUT2D eigenvalue weighted by molar-refractivity contribution is 0.294. The second-order valence-electron chi connectivity index (χ2n) is 7.43. The van der Waals surface area contributed by atoms with Crippen LogP contribution in [-0.4, -0.2) is 14.9 Å². The highest BCUT2D eigenvalue weighted by molar-refractivity contribution is 6.74. The van der Waals surface area contributed by atoms with Crippen LogP contribution in [-0.2, 0) is 4.43 Å². The van der Waals surface area contributed by atoms with E-state index in [9.17, 15) is 0 Å². The second kappa shape index (κ2) is 7.45. The van der Waals surface area contributed by atoms with Crippen molar-refractivity contribution >= 4 is 8.32 Å². The number of allylic oxidation sites excluding steroid dienone is 2. The predicted molar refractivity (Wildman–Crippen MR) is 91.6 cm³/mol. The first-order valence-electron chi connectivity index (χ1n) is 7.97. The monoisotopic (exact) mass is 292 g/mol. The van der Waals surface area contributed by atoms with Gasteiger partial charge in [0.1, 0.15) is 0 Å². The van der Waals surface area contributed by atoms with Crippen molar-refractivity contribution in [3.05, 3.63) is 29.0 Å². The third kappa shape index (κ3) is 5.44. The lowest BCUT2D eigenvalue weighted by Gasteiger charge is -2.36. The van der Waals surface area contributed by atoms with Crippen molar-refractivity contribution in [2.24, 2.45) is 0 Å². The van der Waals surface area contributed by atoms with Crippen LogP contribution in [0.5, 0.6) is 0 Å². The third-order valence-corrected chi connectivity index (χ3v) is 9.24. The molecule has 0 amide bonds. The van der Waals surface area contributed by atoms with Crippen molar-refractivity contribution in [2.75, 3.05) is 6.61 Å². The maximum absolute atomic E-state index is 6.15. The zero-order valence-electron chi connectivity index (χ0n) is 14.3. The van der Waals surface area contributed by atoms with Crippen molar-refractivity contribution in [3.8, 4) is 0 Å². The van der Waals surface area contributed by atoms with E-state index in [4.69, 9.17) is 4.43 Å². The molecule has 0 saturated heterocycles. The summed E-state index contributed by atoms with van der Waals surface area (Å²) < 4.78 is 6.15. The molecule has 0 atom stereocenters. The lowest BCUT2D eigenvalue weighted by Crippen LogP contribution is -2.40. The first-order valence-corrected chi connectivity index (χ1v) is 10.9. The SMILES string of the molecule is CC1=C(C=C=CCCO[Si](C)(C)C(C)(C)C)CCCC1. The molecule has 20 heavy (non-hydrogen) atoms. The Kier molecular flexibility index (Phi) is 6.51. The average molecular weight is 293 g/mol. The summed E-state index contributed by atoms with van der Waals surface area (Å²) in [5, 5.41) is 0.302. The van der Waals surface area contributed by atoms with Crippen LogP contribution in [0.2, 0.25) is 18.1 Å². The maximum atomic E-state index is 6.15. The first-order chi connectivity index (χ1) is 9.24. The number of rotatable bonds is 5. The fourth-order valence-electron chi connectivity index (χ4n) is 2.11. The molecule has 0 spiro atoms. The minimum Gasteiger partial charge on any atom is -0.416 e. The van der Waals surface area contributed by atoms with Crippen LogP contribution < -0.4 is 0 Å². The zero-order chi connectivity index (χ0) is 15.2. The minimum absolute atomic E-state index is 0.302. The highest BCUT2D eigenvalue weighted by Gasteiger charge is 2.36. The topological polar surface area (TPSA) is 9.23 Å². The van der Waals surface area contributed by atoms with Gasteiger partial charge in [-0.25, -0.2) is 0 Å². The van der Waals surface area contributed by atoms with E-state index in [2.05, 4.69) is 58.7 Å². The van der Waals surface area contributed by atoms with E-state index in [1.165, 1.54) is 31.3 Å². The summed E-state index contributed by atoms with van der Waals surface area (Å²) in [5.74, 6) is 0. The molecule has 0 fully saturated rings. The van der Waals surface area contributed by atoms with Crippen molar-refractivity contribution in [1.29, 1.82) is 0 Å². The molecule has 1 rings (SSSR count). The van der Waals surface area contributed by atoms with Gasteiger partial charge in [0, 0.05) is 6.61 Å². The molecule has 0 radical (unpaired) electrons. The molecule has 0 aliphatic heterocycles. The Labute approximate surface area is 126 Å². The summed E-state index contributed by atoms with van der Waals surface area (Å²) in [4.78, 5) is 0. The van der Waals surface area contributed by atoms with Gasteiger partial charge in [-0.05, 0) is 74.9 Å². The lowest BCUT2D eigenvalue weighted by atomic mass is 9.93. The Balaban J connectivity index is 2.39. The molecule has 1 aliphatic carbocycles. The van der Waals surface area contributed by atoms with Crippen LogP contribution in [0.1, 0.15) is 59.8 Å². The molecule has 114 valence electrons. The van der Waals surface area contributed by atoms with Crippen LogP contribution in [0.15, 0.2) is 29.0 Å². The summed E-state index contributed by atoms with van der Waals surface area (Å²) in [6, 6.07) is 0. The summed E-state index contributed by atoms with van der Waals surface area (Å²) in [6.45, 7) is 14.6. The number of hydrogen-bond donors (Lipinski definition) is 0. The van der Waals surface area contributed by atoms with Gasteiger partial charge in [-0.15, -0.1) is 5.73 Å². The van der Waals surface area contributed by atoms with E-state index in [0.717, 1.165) is 13.0 Å². The molecule has 2 heteroatoms.